The zero-order chi connectivity index (χ0) is 21.6. The monoisotopic (exact) mass is 432 g/mol. The predicted octanol–water partition coefficient (Wildman–Crippen LogP) is 4.34. The lowest BCUT2D eigenvalue weighted by Gasteiger charge is -2.30. The molecule has 0 fully saturated rings. The largest absolute Gasteiger partial charge is 0.308 e. The minimum atomic E-state index is -3.66. The third-order valence-electron chi connectivity index (χ3n) is 6.15. The molecule has 0 radical (unpaired) electrons. The number of nitrogens with zero attached hydrogens (tertiary/aromatic N) is 2. The van der Waals surface area contributed by atoms with Crippen molar-refractivity contribution in [3.05, 3.63) is 89.0 Å². The van der Waals surface area contributed by atoms with Gasteiger partial charge in [0.15, 0.2) is 0 Å². The van der Waals surface area contributed by atoms with Crippen LogP contribution in [0.25, 0.3) is 0 Å². The maximum atomic E-state index is 13.5. The average Bonchev–Trinajstić information content (AvgIpc) is 3.22. The lowest BCUT2D eigenvalue weighted by atomic mass is 10.0. The fourth-order valence-electron chi connectivity index (χ4n) is 4.48. The van der Waals surface area contributed by atoms with Crippen LogP contribution in [0.3, 0.4) is 0 Å². The molecule has 2 heterocycles. The van der Waals surface area contributed by atoms with E-state index in [1.165, 1.54) is 4.31 Å². The molecule has 6 heteroatoms. The van der Waals surface area contributed by atoms with Crippen molar-refractivity contribution in [3.63, 3.8) is 0 Å². The number of sulfonamides is 1. The van der Waals surface area contributed by atoms with Crippen molar-refractivity contribution in [2.24, 2.45) is 0 Å². The first-order chi connectivity index (χ1) is 14.9. The lowest BCUT2D eigenvalue weighted by molar-refractivity contribution is 0.0989. The Kier molecular flexibility index (Phi) is 4.82. The zero-order valence-electron chi connectivity index (χ0n) is 17.4. The molecular formula is C25H24N2O3S. The van der Waals surface area contributed by atoms with Gasteiger partial charge in [-0.25, -0.2) is 8.42 Å². The highest BCUT2D eigenvalue weighted by molar-refractivity contribution is 7.92. The van der Waals surface area contributed by atoms with Gasteiger partial charge in [-0.05, 0) is 73.7 Å². The Morgan fingerprint density at radius 3 is 2.42 bits per heavy atom. The van der Waals surface area contributed by atoms with Crippen molar-refractivity contribution in [1.29, 1.82) is 0 Å². The van der Waals surface area contributed by atoms with Gasteiger partial charge in [-0.2, -0.15) is 0 Å². The molecule has 0 bridgehead atoms. The number of hydrogen-bond acceptors (Lipinski definition) is 3. The maximum absolute atomic E-state index is 13.5. The topological polar surface area (TPSA) is 57.7 Å². The van der Waals surface area contributed by atoms with Gasteiger partial charge in [0, 0.05) is 24.3 Å². The van der Waals surface area contributed by atoms with E-state index < -0.39 is 10.0 Å². The average molecular weight is 433 g/mol. The molecule has 31 heavy (non-hydrogen) atoms. The van der Waals surface area contributed by atoms with Crippen molar-refractivity contribution < 1.29 is 13.2 Å². The molecule has 0 unspecified atom stereocenters. The highest BCUT2D eigenvalue weighted by Crippen LogP contribution is 2.35. The predicted molar refractivity (Wildman–Crippen MR) is 122 cm³/mol. The third-order valence-corrected chi connectivity index (χ3v) is 7.95. The number of anilines is 2. The molecule has 5 rings (SSSR count). The van der Waals surface area contributed by atoms with Crippen molar-refractivity contribution in [2.45, 2.75) is 31.1 Å². The third kappa shape index (κ3) is 3.41. The van der Waals surface area contributed by atoms with Crippen LogP contribution in [0.5, 0.6) is 0 Å². The number of carbonyl (C=O) groups is 1. The van der Waals surface area contributed by atoms with E-state index in [1.807, 2.05) is 55.5 Å². The minimum Gasteiger partial charge on any atom is -0.308 e. The molecule has 0 aromatic heterocycles. The summed E-state index contributed by atoms with van der Waals surface area (Å²) < 4.78 is 28.5. The summed E-state index contributed by atoms with van der Waals surface area (Å²) in [6, 6.07) is 20.4. The van der Waals surface area contributed by atoms with Crippen molar-refractivity contribution in [2.75, 3.05) is 22.3 Å². The zero-order valence-corrected chi connectivity index (χ0v) is 18.2. The number of fused-ring (bicyclic) bond motifs is 2. The van der Waals surface area contributed by atoms with Crippen LogP contribution in [0.4, 0.5) is 11.4 Å². The standard InChI is InChI=1S/C25H24N2O3S/c1-18-8-10-20(11-9-18)25(28)26-16-14-21-17-22(12-13-23(21)26)31(29,30)27-15-4-6-19-5-2-3-7-24(19)27/h2-3,5,7-13,17H,4,6,14-16H2,1H3. The first-order valence-corrected chi connectivity index (χ1v) is 12.0. The van der Waals surface area contributed by atoms with Crippen LogP contribution in [0, 0.1) is 6.92 Å². The van der Waals surface area contributed by atoms with E-state index in [4.69, 9.17) is 0 Å². The molecule has 3 aromatic carbocycles. The molecule has 2 aliphatic rings. The van der Waals surface area contributed by atoms with Gasteiger partial charge in [0.05, 0.1) is 10.6 Å². The number of carbonyl (C=O) groups excluding carboxylic acids is 1. The van der Waals surface area contributed by atoms with Gasteiger partial charge < -0.3 is 4.90 Å². The quantitative estimate of drug-likeness (QED) is 0.619. The lowest BCUT2D eigenvalue weighted by Crippen LogP contribution is -2.35. The van der Waals surface area contributed by atoms with E-state index >= 15 is 0 Å². The van der Waals surface area contributed by atoms with Crippen LogP contribution in [-0.2, 0) is 22.9 Å². The summed E-state index contributed by atoms with van der Waals surface area (Å²) in [5, 5.41) is 0. The smallest absolute Gasteiger partial charge is 0.264 e. The Hall–Kier alpha value is -3.12. The Morgan fingerprint density at radius 2 is 1.61 bits per heavy atom. The minimum absolute atomic E-state index is 0.0562. The summed E-state index contributed by atoms with van der Waals surface area (Å²) in [4.78, 5) is 15.0. The van der Waals surface area contributed by atoms with E-state index in [0.29, 0.717) is 25.1 Å². The van der Waals surface area contributed by atoms with E-state index in [0.717, 1.165) is 40.9 Å². The second-order valence-electron chi connectivity index (χ2n) is 8.17. The number of amides is 1. The van der Waals surface area contributed by atoms with Gasteiger partial charge in [-0.3, -0.25) is 9.10 Å². The fourth-order valence-corrected chi connectivity index (χ4v) is 6.07. The molecule has 2 aliphatic heterocycles. The van der Waals surface area contributed by atoms with E-state index in [9.17, 15) is 13.2 Å². The highest BCUT2D eigenvalue weighted by Gasteiger charge is 2.31. The van der Waals surface area contributed by atoms with Crippen LogP contribution in [0.1, 0.15) is 33.5 Å². The van der Waals surface area contributed by atoms with Gasteiger partial charge in [0.1, 0.15) is 0 Å². The summed E-state index contributed by atoms with van der Waals surface area (Å²) in [5.41, 5.74) is 5.27. The molecule has 5 nitrogen and oxygen atoms in total. The van der Waals surface area contributed by atoms with Crippen molar-refractivity contribution in [1.82, 2.24) is 0 Å². The summed E-state index contributed by atoms with van der Waals surface area (Å²) in [5.74, 6) is -0.0562. The van der Waals surface area contributed by atoms with Crippen LogP contribution in [0.2, 0.25) is 0 Å². The number of benzene rings is 3. The molecule has 1 amide bonds. The van der Waals surface area contributed by atoms with Crippen LogP contribution in [0.15, 0.2) is 71.6 Å². The first-order valence-electron chi connectivity index (χ1n) is 10.6. The summed E-state index contributed by atoms with van der Waals surface area (Å²) in [6.45, 7) is 3.02. The second kappa shape index (κ2) is 7.54. The summed E-state index contributed by atoms with van der Waals surface area (Å²) in [7, 11) is -3.66. The number of aryl methyl sites for hydroxylation is 2. The highest BCUT2D eigenvalue weighted by atomic mass is 32.2. The molecule has 0 aliphatic carbocycles. The Labute approximate surface area is 183 Å². The summed E-state index contributed by atoms with van der Waals surface area (Å²) in [6.07, 6.45) is 2.34. The number of rotatable bonds is 3. The van der Waals surface area contributed by atoms with Crippen LogP contribution < -0.4 is 9.21 Å². The van der Waals surface area contributed by atoms with Gasteiger partial charge in [0.25, 0.3) is 15.9 Å². The molecule has 0 saturated carbocycles. The maximum Gasteiger partial charge on any atom is 0.264 e. The SMILES string of the molecule is Cc1ccc(C(=O)N2CCc3cc(S(=O)(=O)N4CCCc5ccccc54)ccc32)cc1. The van der Waals surface area contributed by atoms with Crippen LogP contribution in [-0.4, -0.2) is 27.4 Å². The first kappa shape index (κ1) is 19.8. The molecular weight excluding hydrogens is 408 g/mol. The Morgan fingerprint density at radius 1 is 0.839 bits per heavy atom. The van der Waals surface area contributed by atoms with Gasteiger partial charge in [0.2, 0.25) is 0 Å². The summed E-state index contributed by atoms with van der Waals surface area (Å²) >= 11 is 0. The molecule has 0 spiro atoms. The Balaban J connectivity index is 1.46. The van der Waals surface area contributed by atoms with E-state index in [1.54, 1.807) is 23.1 Å². The van der Waals surface area contributed by atoms with Gasteiger partial charge in [-0.15, -0.1) is 0 Å². The van der Waals surface area contributed by atoms with Gasteiger partial charge in [-0.1, -0.05) is 35.9 Å². The second-order valence-corrected chi connectivity index (χ2v) is 10.0. The van der Waals surface area contributed by atoms with Crippen LogP contribution >= 0.6 is 0 Å². The van der Waals surface area contributed by atoms with Crippen molar-refractivity contribution >= 4 is 27.3 Å². The molecule has 0 atom stereocenters. The molecule has 0 N–H and O–H groups in total. The number of para-hydroxylation sites is 1. The number of hydrogen-bond donors (Lipinski definition) is 0. The molecule has 3 aromatic rings. The fraction of sp³-hybridized carbons (Fsp3) is 0.240. The molecule has 158 valence electrons. The van der Waals surface area contributed by atoms with Crippen molar-refractivity contribution in [3.8, 4) is 0 Å². The normalized spacial score (nSPS) is 15.5. The van der Waals surface area contributed by atoms with E-state index in [2.05, 4.69) is 0 Å². The van der Waals surface area contributed by atoms with E-state index in [-0.39, 0.29) is 10.8 Å². The Bertz CT molecular complexity index is 1270. The molecule has 0 saturated heterocycles. The van der Waals surface area contributed by atoms with Gasteiger partial charge >= 0.3 is 0 Å².